The molecule has 228 valence electrons. The van der Waals surface area contributed by atoms with Crippen LogP contribution in [0.15, 0.2) is 59.7 Å². The van der Waals surface area contributed by atoms with Crippen molar-refractivity contribution in [1.29, 1.82) is 0 Å². The van der Waals surface area contributed by atoms with Gasteiger partial charge in [-0.3, -0.25) is 14.6 Å². The van der Waals surface area contributed by atoms with Crippen molar-refractivity contribution in [3.63, 3.8) is 0 Å². The Morgan fingerprint density at radius 1 is 1.11 bits per heavy atom. The van der Waals surface area contributed by atoms with Gasteiger partial charge >= 0.3 is 0 Å². The average Bonchev–Trinajstić information content (AvgIpc) is 3.44. The van der Waals surface area contributed by atoms with Gasteiger partial charge in [-0.2, -0.15) is 10.1 Å². The molecule has 0 saturated carbocycles. The molecule has 12 nitrogen and oxygen atoms in total. The van der Waals surface area contributed by atoms with E-state index in [-0.39, 0.29) is 0 Å². The lowest BCUT2D eigenvalue weighted by Crippen LogP contribution is -2.45. The average molecular weight is 679 g/mol. The number of morpholine rings is 1. The van der Waals surface area contributed by atoms with Crippen molar-refractivity contribution in [2.75, 3.05) is 50.8 Å². The molecule has 4 heterocycles. The predicted molar refractivity (Wildman–Crippen MR) is 176 cm³/mol. The monoisotopic (exact) mass is 677 g/mol. The molecule has 1 aliphatic heterocycles. The topological polar surface area (TPSA) is 141 Å². The summed E-state index contributed by atoms with van der Waals surface area (Å²) < 4.78 is 28.0. The molecule has 0 amide bonds. The molecule has 0 spiro atoms. The van der Waals surface area contributed by atoms with E-state index in [2.05, 4.69) is 58.9 Å². The van der Waals surface area contributed by atoms with E-state index < -0.39 is 12.7 Å². The summed E-state index contributed by atoms with van der Waals surface area (Å²) in [6, 6.07) is 7.70. The number of hydrogen-bond donors (Lipinski definition) is 3. The Morgan fingerprint density at radius 3 is 2.64 bits per heavy atom. The molecule has 5 aromatic rings. The Labute approximate surface area is 263 Å². The van der Waals surface area contributed by atoms with Crippen molar-refractivity contribution in [1.82, 2.24) is 35.0 Å². The normalized spacial score (nSPS) is 17.0. The first-order chi connectivity index (χ1) is 21.1. The van der Waals surface area contributed by atoms with Crippen LogP contribution in [-0.4, -0.2) is 69.9 Å². The molecule has 0 bridgehead atoms. The zero-order valence-electron chi connectivity index (χ0n) is 25.1. The highest BCUT2D eigenvalue weighted by Crippen LogP contribution is 2.43. The third-order valence-corrected chi connectivity index (χ3v) is 9.59. The Hall–Kier alpha value is -3.90. The summed E-state index contributed by atoms with van der Waals surface area (Å²) in [5.41, 5.74) is 4.87. The van der Waals surface area contributed by atoms with Crippen molar-refractivity contribution >= 4 is 62.6 Å². The number of rotatable bonds is 8. The van der Waals surface area contributed by atoms with Crippen molar-refractivity contribution in [3.05, 3.63) is 65.3 Å². The van der Waals surface area contributed by atoms with Crippen LogP contribution in [0, 0.1) is 0 Å². The molecule has 44 heavy (non-hydrogen) atoms. The molecular formula is C30H33BrN9O3P. The van der Waals surface area contributed by atoms with Gasteiger partial charge in [0.2, 0.25) is 5.95 Å². The Kier molecular flexibility index (Phi) is 8.14. The number of halogens is 1. The lowest BCUT2D eigenvalue weighted by molar-refractivity contribution is -0.0569. The number of aromatic nitrogens is 6. The zero-order valence-corrected chi connectivity index (χ0v) is 27.5. The molecule has 1 unspecified atom stereocenters. The van der Waals surface area contributed by atoms with Crippen LogP contribution in [0.3, 0.4) is 0 Å². The molecule has 2 aromatic carbocycles. The van der Waals surface area contributed by atoms with E-state index >= 15 is 0 Å². The molecular weight excluding hydrogens is 645 g/mol. The highest BCUT2D eigenvalue weighted by atomic mass is 79.9. The van der Waals surface area contributed by atoms with Gasteiger partial charge in [0.05, 0.1) is 46.6 Å². The number of benzene rings is 2. The predicted octanol–water partition coefficient (Wildman–Crippen LogP) is 5.16. The number of hydrogen-bond acceptors (Lipinski definition) is 11. The van der Waals surface area contributed by atoms with Gasteiger partial charge < -0.3 is 30.0 Å². The summed E-state index contributed by atoms with van der Waals surface area (Å²) in [6.45, 7) is 7.57. The van der Waals surface area contributed by atoms with Gasteiger partial charge in [0.1, 0.15) is 29.8 Å². The number of anilines is 4. The smallest absolute Gasteiger partial charge is 0.229 e. The van der Waals surface area contributed by atoms with E-state index in [1.165, 1.54) is 0 Å². The Balaban J connectivity index is 1.40. The Bertz CT molecular complexity index is 1900. The summed E-state index contributed by atoms with van der Waals surface area (Å²) in [5, 5.41) is 15.1. The largest absolute Gasteiger partial charge is 0.495 e. The van der Waals surface area contributed by atoms with Crippen LogP contribution in [0.5, 0.6) is 5.75 Å². The van der Waals surface area contributed by atoms with Crippen molar-refractivity contribution in [3.8, 4) is 16.9 Å². The van der Waals surface area contributed by atoms with Crippen LogP contribution in [0.25, 0.3) is 22.2 Å². The zero-order chi connectivity index (χ0) is 31.1. The van der Waals surface area contributed by atoms with Gasteiger partial charge in [0, 0.05) is 50.5 Å². The van der Waals surface area contributed by atoms with Gasteiger partial charge in [-0.15, -0.1) is 0 Å². The van der Waals surface area contributed by atoms with E-state index in [1.807, 2.05) is 43.7 Å². The van der Waals surface area contributed by atoms with Crippen LogP contribution < -0.4 is 26.0 Å². The fraction of sp³-hybridized carbons (Fsp3) is 0.300. The third-order valence-electron chi connectivity index (χ3n) is 7.48. The molecule has 1 aliphatic rings. The van der Waals surface area contributed by atoms with Gasteiger partial charge in [-0.05, 0) is 71.6 Å². The summed E-state index contributed by atoms with van der Waals surface area (Å²) in [5.74, 6) is 1.43. The van der Waals surface area contributed by atoms with Crippen molar-refractivity contribution in [2.24, 2.45) is 7.05 Å². The molecule has 3 N–H and O–H groups in total. The summed E-state index contributed by atoms with van der Waals surface area (Å²) in [7, 11) is 0.754. The fourth-order valence-corrected chi connectivity index (χ4v) is 7.10. The first-order valence-electron chi connectivity index (χ1n) is 14.0. The highest BCUT2D eigenvalue weighted by Gasteiger charge is 2.34. The van der Waals surface area contributed by atoms with E-state index in [9.17, 15) is 4.57 Å². The first-order valence-corrected chi connectivity index (χ1v) is 17.4. The number of nitrogens with one attached hydrogen (secondary N) is 3. The minimum Gasteiger partial charge on any atom is -0.495 e. The van der Waals surface area contributed by atoms with Crippen LogP contribution >= 0.6 is 23.1 Å². The molecule has 1 atom stereocenters. The molecule has 3 aromatic heterocycles. The maximum atomic E-state index is 13.4. The van der Waals surface area contributed by atoms with Crippen LogP contribution in [0.2, 0.25) is 0 Å². The maximum absolute atomic E-state index is 13.4. The summed E-state index contributed by atoms with van der Waals surface area (Å²) in [6.07, 6.45) is 8.68. The van der Waals surface area contributed by atoms with E-state index in [4.69, 9.17) is 14.5 Å². The molecule has 1 saturated heterocycles. The number of nitrogens with zero attached hydrogens (tertiary/aromatic N) is 6. The first kappa shape index (κ1) is 30.1. The number of methoxy groups -OCH3 is 1. The van der Waals surface area contributed by atoms with E-state index in [1.54, 1.807) is 43.7 Å². The van der Waals surface area contributed by atoms with E-state index in [0.717, 1.165) is 23.2 Å². The van der Waals surface area contributed by atoms with Gasteiger partial charge in [-0.1, -0.05) is 0 Å². The second kappa shape index (κ2) is 11.9. The standard InChI is InChI=1S/C30H33BrN9O3P/c1-30(17-32-10-11-43-30)20-13-25(42-3)24(12-19(20)18-14-36-40(2)16-18)38-29-35-15-21(31)28(39-29)37-23-7-6-22-26(34-9-8-33-22)27(23)44(4,5)41/h6-9,12-16,32H,10-11,17H2,1-5H3,(H2,35,37,38,39). The third kappa shape index (κ3) is 5.92. The lowest BCUT2D eigenvalue weighted by Gasteiger charge is -2.36. The minimum absolute atomic E-state index is 0.332. The van der Waals surface area contributed by atoms with Crippen LogP contribution in [-0.2, 0) is 22.0 Å². The second-order valence-corrected chi connectivity index (χ2v) is 15.1. The van der Waals surface area contributed by atoms with Crippen molar-refractivity contribution in [2.45, 2.75) is 12.5 Å². The fourth-order valence-electron chi connectivity index (χ4n) is 5.41. The number of fused-ring (bicyclic) bond motifs is 1. The molecule has 14 heteroatoms. The maximum Gasteiger partial charge on any atom is 0.229 e. The number of aryl methyl sites for hydroxylation is 1. The second-order valence-electron chi connectivity index (χ2n) is 11.1. The number of ether oxygens (including phenoxy) is 2. The van der Waals surface area contributed by atoms with Gasteiger partial charge in [0.25, 0.3) is 0 Å². The molecule has 6 rings (SSSR count). The van der Waals surface area contributed by atoms with Gasteiger partial charge in [0.15, 0.2) is 0 Å². The van der Waals surface area contributed by atoms with Crippen molar-refractivity contribution < 1.29 is 14.0 Å². The van der Waals surface area contributed by atoms with Crippen LogP contribution in [0.1, 0.15) is 12.5 Å². The minimum atomic E-state index is -2.76. The molecule has 1 fully saturated rings. The quantitative estimate of drug-likeness (QED) is 0.188. The summed E-state index contributed by atoms with van der Waals surface area (Å²) >= 11 is 3.56. The van der Waals surface area contributed by atoms with Gasteiger partial charge in [-0.25, -0.2) is 4.98 Å². The summed E-state index contributed by atoms with van der Waals surface area (Å²) in [4.78, 5) is 18.1. The molecule has 0 radical (unpaired) electrons. The Morgan fingerprint density at radius 2 is 1.93 bits per heavy atom. The van der Waals surface area contributed by atoms with E-state index in [0.29, 0.717) is 62.9 Å². The highest BCUT2D eigenvalue weighted by molar-refractivity contribution is 9.10. The lowest BCUT2D eigenvalue weighted by atomic mass is 9.87. The SMILES string of the molecule is COc1cc(C2(C)CNCCO2)c(-c2cnn(C)c2)cc1Nc1ncc(Br)c(Nc2ccc3nccnc3c2P(C)(C)=O)n1. The molecule has 0 aliphatic carbocycles. The van der Waals surface area contributed by atoms with Crippen LogP contribution in [0.4, 0.5) is 23.1 Å².